The first-order chi connectivity index (χ1) is 8.20. The lowest BCUT2D eigenvalue weighted by Gasteiger charge is -2.16. The second-order valence-electron chi connectivity index (χ2n) is 3.94. The van der Waals surface area contributed by atoms with Gasteiger partial charge in [-0.2, -0.15) is 0 Å². The summed E-state index contributed by atoms with van der Waals surface area (Å²) in [6.07, 6.45) is 5.56. The van der Waals surface area contributed by atoms with Gasteiger partial charge in [0.1, 0.15) is 5.82 Å². The predicted molar refractivity (Wildman–Crippen MR) is 69.7 cm³/mol. The summed E-state index contributed by atoms with van der Waals surface area (Å²) in [5, 5.41) is 1.86. The zero-order valence-electron chi connectivity index (χ0n) is 10.3. The molecule has 4 nitrogen and oxygen atoms in total. The van der Waals surface area contributed by atoms with Gasteiger partial charge in [-0.05, 0) is 30.7 Å². The third kappa shape index (κ3) is 2.60. The monoisotopic (exact) mass is 228 g/mol. The molecule has 1 N–H and O–H groups in total. The van der Waals surface area contributed by atoms with Crippen LogP contribution in [0.25, 0.3) is 11.1 Å². The van der Waals surface area contributed by atoms with Crippen molar-refractivity contribution in [1.82, 2.24) is 15.4 Å². The molecule has 2 rings (SSSR count). The number of anilines is 1. The Balaban J connectivity index is 2.29. The minimum Gasteiger partial charge on any atom is -0.296 e. The first-order valence-electron chi connectivity index (χ1n) is 5.50. The van der Waals surface area contributed by atoms with Gasteiger partial charge in [0.05, 0.1) is 0 Å². The molecule has 0 fully saturated rings. The third-order valence-electron chi connectivity index (χ3n) is 2.64. The normalized spacial score (nSPS) is 10.3. The largest absolute Gasteiger partial charge is 0.296 e. The fraction of sp³-hybridized carbons (Fsp3) is 0.231. The molecule has 0 aliphatic heterocycles. The van der Waals surface area contributed by atoms with Crippen LogP contribution in [-0.4, -0.2) is 24.1 Å². The van der Waals surface area contributed by atoms with E-state index >= 15 is 0 Å². The van der Waals surface area contributed by atoms with Gasteiger partial charge in [-0.1, -0.05) is 0 Å². The molecule has 0 radical (unpaired) electrons. The highest BCUT2D eigenvalue weighted by atomic mass is 15.5. The Labute approximate surface area is 101 Å². The maximum absolute atomic E-state index is 4.39. The van der Waals surface area contributed by atoms with Crippen LogP contribution in [0.2, 0.25) is 0 Å². The smallest absolute Gasteiger partial charge is 0.142 e. The zero-order valence-corrected chi connectivity index (χ0v) is 10.3. The molecule has 0 aromatic carbocycles. The molecule has 4 heteroatoms. The van der Waals surface area contributed by atoms with Gasteiger partial charge in [0.2, 0.25) is 0 Å². The molecular weight excluding hydrogens is 212 g/mol. The summed E-state index contributed by atoms with van der Waals surface area (Å²) >= 11 is 0. The maximum Gasteiger partial charge on any atom is 0.142 e. The van der Waals surface area contributed by atoms with Crippen molar-refractivity contribution in [3.63, 3.8) is 0 Å². The van der Waals surface area contributed by atoms with Crippen LogP contribution in [0.3, 0.4) is 0 Å². The highest BCUT2D eigenvalue weighted by molar-refractivity contribution is 5.63. The van der Waals surface area contributed by atoms with E-state index in [-0.39, 0.29) is 0 Å². The average molecular weight is 228 g/mol. The summed E-state index contributed by atoms with van der Waals surface area (Å²) in [4.78, 5) is 8.57. The molecule has 0 bridgehead atoms. The molecule has 88 valence electrons. The maximum atomic E-state index is 4.39. The van der Waals surface area contributed by atoms with Gasteiger partial charge in [0.15, 0.2) is 0 Å². The molecule has 17 heavy (non-hydrogen) atoms. The fourth-order valence-electron chi connectivity index (χ4n) is 1.58. The van der Waals surface area contributed by atoms with Crippen LogP contribution < -0.4 is 10.4 Å². The van der Waals surface area contributed by atoms with E-state index in [0.29, 0.717) is 0 Å². The molecular formula is C13H16N4. The summed E-state index contributed by atoms with van der Waals surface area (Å²) < 4.78 is 0. The third-order valence-corrected chi connectivity index (χ3v) is 2.64. The SMILES string of the molecule is CNN(C)c1ccc(-c2cncc(C)c2)cn1. The first-order valence-corrected chi connectivity index (χ1v) is 5.50. The number of rotatable bonds is 3. The van der Waals surface area contributed by atoms with E-state index in [9.17, 15) is 0 Å². The lowest BCUT2D eigenvalue weighted by atomic mass is 10.1. The summed E-state index contributed by atoms with van der Waals surface area (Å²) in [7, 11) is 3.79. The Kier molecular flexibility index (Phi) is 3.35. The lowest BCUT2D eigenvalue weighted by Crippen LogP contribution is -2.30. The molecule has 2 aromatic rings. The van der Waals surface area contributed by atoms with E-state index < -0.39 is 0 Å². The second kappa shape index (κ2) is 4.93. The molecule has 0 aliphatic rings. The molecule has 0 atom stereocenters. The van der Waals surface area contributed by atoms with Crippen LogP contribution in [0.4, 0.5) is 5.82 Å². The number of pyridine rings is 2. The summed E-state index contributed by atoms with van der Waals surface area (Å²) in [5.74, 6) is 0.886. The molecule has 0 saturated carbocycles. The number of hydrazine groups is 1. The van der Waals surface area contributed by atoms with Gasteiger partial charge in [-0.15, -0.1) is 0 Å². The van der Waals surface area contributed by atoms with Crippen LogP contribution >= 0.6 is 0 Å². The van der Waals surface area contributed by atoms with Crippen molar-refractivity contribution in [2.24, 2.45) is 0 Å². The van der Waals surface area contributed by atoms with Crippen molar-refractivity contribution in [2.45, 2.75) is 6.92 Å². The zero-order chi connectivity index (χ0) is 12.3. The van der Waals surface area contributed by atoms with E-state index in [2.05, 4.69) is 21.5 Å². The van der Waals surface area contributed by atoms with Crippen LogP contribution in [-0.2, 0) is 0 Å². The van der Waals surface area contributed by atoms with Crippen LogP contribution in [0.1, 0.15) is 5.56 Å². The van der Waals surface area contributed by atoms with E-state index in [4.69, 9.17) is 0 Å². The topological polar surface area (TPSA) is 41.0 Å². The average Bonchev–Trinajstić information content (AvgIpc) is 2.38. The number of aryl methyl sites for hydroxylation is 1. The second-order valence-corrected chi connectivity index (χ2v) is 3.94. The predicted octanol–water partition coefficient (Wildman–Crippen LogP) is 2.02. The number of hydrogen-bond donors (Lipinski definition) is 1. The van der Waals surface area contributed by atoms with Crippen LogP contribution in [0, 0.1) is 6.92 Å². The van der Waals surface area contributed by atoms with Gasteiger partial charge in [-0.3, -0.25) is 9.99 Å². The highest BCUT2D eigenvalue weighted by Gasteiger charge is 2.02. The Morgan fingerprint density at radius 2 is 1.94 bits per heavy atom. The minimum atomic E-state index is 0.886. The lowest BCUT2D eigenvalue weighted by molar-refractivity contribution is 0.776. The van der Waals surface area contributed by atoms with Crippen LogP contribution in [0.15, 0.2) is 36.8 Å². The van der Waals surface area contributed by atoms with Crippen molar-refractivity contribution in [3.8, 4) is 11.1 Å². The van der Waals surface area contributed by atoms with Crippen molar-refractivity contribution in [3.05, 3.63) is 42.4 Å². The molecule has 2 heterocycles. The van der Waals surface area contributed by atoms with E-state index in [0.717, 1.165) is 22.5 Å². The molecule has 0 unspecified atom stereocenters. The van der Waals surface area contributed by atoms with E-state index in [1.54, 1.807) is 0 Å². The highest BCUT2D eigenvalue weighted by Crippen LogP contribution is 2.20. The Bertz CT molecular complexity index is 493. The van der Waals surface area contributed by atoms with Gasteiger partial charge in [0, 0.05) is 43.8 Å². The fourth-order valence-corrected chi connectivity index (χ4v) is 1.58. The number of hydrogen-bond acceptors (Lipinski definition) is 4. The number of nitrogens with zero attached hydrogens (tertiary/aromatic N) is 3. The standard InChI is InChI=1S/C13H16N4/c1-10-6-12(8-15-7-10)11-4-5-13(16-9-11)17(3)14-2/h4-9,14H,1-3H3. The van der Waals surface area contributed by atoms with Crippen molar-refractivity contribution in [1.29, 1.82) is 0 Å². The van der Waals surface area contributed by atoms with Crippen LogP contribution in [0.5, 0.6) is 0 Å². The molecule has 2 aromatic heterocycles. The quantitative estimate of drug-likeness (QED) is 0.816. The minimum absolute atomic E-state index is 0.886. The van der Waals surface area contributed by atoms with Crippen molar-refractivity contribution >= 4 is 5.82 Å². The summed E-state index contributed by atoms with van der Waals surface area (Å²) in [6.45, 7) is 2.03. The summed E-state index contributed by atoms with van der Waals surface area (Å²) in [6, 6.07) is 6.13. The van der Waals surface area contributed by atoms with Gasteiger partial charge < -0.3 is 0 Å². The summed E-state index contributed by atoms with van der Waals surface area (Å²) in [5.41, 5.74) is 6.33. The molecule has 0 spiro atoms. The first kappa shape index (κ1) is 11.5. The van der Waals surface area contributed by atoms with E-state index in [1.165, 1.54) is 0 Å². The van der Waals surface area contributed by atoms with Crippen molar-refractivity contribution < 1.29 is 0 Å². The van der Waals surface area contributed by atoms with Crippen molar-refractivity contribution in [2.75, 3.05) is 19.1 Å². The van der Waals surface area contributed by atoms with Gasteiger partial charge in [-0.25, -0.2) is 10.4 Å². The van der Waals surface area contributed by atoms with E-state index in [1.807, 2.05) is 56.8 Å². The number of aromatic nitrogens is 2. The Morgan fingerprint density at radius 1 is 1.12 bits per heavy atom. The van der Waals surface area contributed by atoms with Gasteiger partial charge in [0.25, 0.3) is 0 Å². The van der Waals surface area contributed by atoms with Gasteiger partial charge >= 0.3 is 0 Å². The molecule has 0 aliphatic carbocycles. The molecule has 0 saturated heterocycles. The molecule has 0 amide bonds. The Morgan fingerprint density at radius 3 is 2.53 bits per heavy atom. The Hall–Kier alpha value is -1.94. The number of nitrogens with one attached hydrogen (secondary N) is 1.